The van der Waals surface area contributed by atoms with Gasteiger partial charge >= 0.3 is 0 Å². The van der Waals surface area contributed by atoms with Crippen molar-refractivity contribution in [2.24, 2.45) is 0 Å². The smallest absolute Gasteiger partial charge is 0.275 e. The van der Waals surface area contributed by atoms with Crippen LogP contribution in [0.25, 0.3) is 11.3 Å². The Morgan fingerprint density at radius 1 is 1.35 bits per heavy atom. The van der Waals surface area contributed by atoms with Crippen LogP contribution in [0.3, 0.4) is 0 Å². The molecule has 0 saturated carbocycles. The molecule has 2 heterocycles. The third kappa shape index (κ3) is 2.52. The van der Waals surface area contributed by atoms with Gasteiger partial charge < -0.3 is 5.73 Å². The number of anilines is 2. The topological polar surface area (TPSA) is 96.7 Å². The van der Waals surface area contributed by atoms with Crippen LogP contribution in [-0.2, 0) is 0 Å². The molecule has 0 unspecified atom stereocenters. The Balaban J connectivity index is 1.79. The highest BCUT2D eigenvalue weighted by Crippen LogP contribution is 2.26. The molecule has 0 bridgehead atoms. The largest absolute Gasteiger partial charge is 0.399 e. The highest BCUT2D eigenvalue weighted by Gasteiger charge is 2.10. The molecule has 0 saturated heterocycles. The molecule has 3 aromatic rings. The quantitative estimate of drug-likeness (QED) is 0.643. The van der Waals surface area contributed by atoms with E-state index in [0.717, 1.165) is 11.3 Å². The molecule has 4 N–H and O–H groups in total. The predicted octanol–water partition coefficient (Wildman–Crippen LogP) is 2.37. The van der Waals surface area contributed by atoms with Crippen molar-refractivity contribution < 1.29 is 4.79 Å². The van der Waals surface area contributed by atoms with Crippen LogP contribution in [0.4, 0.5) is 10.8 Å². The van der Waals surface area contributed by atoms with Gasteiger partial charge in [-0.3, -0.25) is 15.2 Å². The number of hydrogen-bond acceptors (Lipinski definition) is 5. The monoisotopic (exact) mass is 285 g/mol. The van der Waals surface area contributed by atoms with E-state index in [2.05, 4.69) is 20.5 Å². The van der Waals surface area contributed by atoms with E-state index < -0.39 is 0 Å². The summed E-state index contributed by atoms with van der Waals surface area (Å²) in [4.78, 5) is 16.2. The minimum absolute atomic E-state index is 0.268. The number of nitrogens with one attached hydrogen (secondary N) is 2. The van der Waals surface area contributed by atoms with E-state index in [1.807, 2.05) is 29.6 Å². The van der Waals surface area contributed by atoms with E-state index in [1.165, 1.54) is 17.5 Å². The van der Waals surface area contributed by atoms with Gasteiger partial charge in [-0.1, -0.05) is 12.1 Å². The van der Waals surface area contributed by atoms with Gasteiger partial charge in [-0.2, -0.15) is 5.10 Å². The first-order chi connectivity index (χ1) is 9.72. The lowest BCUT2D eigenvalue weighted by Gasteiger charge is -1.99. The van der Waals surface area contributed by atoms with Gasteiger partial charge in [-0.05, 0) is 18.2 Å². The second-order valence-corrected chi connectivity index (χ2v) is 4.95. The van der Waals surface area contributed by atoms with Crippen LogP contribution in [-0.4, -0.2) is 21.1 Å². The van der Waals surface area contributed by atoms with Gasteiger partial charge in [0.05, 0.1) is 5.69 Å². The van der Waals surface area contributed by atoms with Gasteiger partial charge in [0, 0.05) is 22.8 Å². The number of carbonyl (C=O) groups is 1. The molecule has 0 fully saturated rings. The Bertz CT molecular complexity index is 735. The number of aromatic amines is 1. The van der Waals surface area contributed by atoms with Gasteiger partial charge in [-0.15, -0.1) is 11.3 Å². The number of hydrogen-bond donors (Lipinski definition) is 3. The molecule has 0 aliphatic carbocycles. The van der Waals surface area contributed by atoms with E-state index in [0.29, 0.717) is 16.5 Å². The van der Waals surface area contributed by atoms with Crippen LogP contribution in [0, 0.1) is 0 Å². The average molecular weight is 285 g/mol. The SMILES string of the molecule is Nc1cccc(-c2csc(NC(=O)c3ccn[nH]3)n2)c1. The summed E-state index contributed by atoms with van der Waals surface area (Å²) < 4.78 is 0. The van der Waals surface area contributed by atoms with Crippen LogP contribution in [0.5, 0.6) is 0 Å². The van der Waals surface area contributed by atoms with Crippen LogP contribution < -0.4 is 11.1 Å². The minimum Gasteiger partial charge on any atom is -0.399 e. The third-order valence-electron chi connectivity index (χ3n) is 2.65. The molecule has 3 rings (SSSR count). The summed E-state index contributed by atoms with van der Waals surface area (Å²) in [5, 5.41) is 11.4. The van der Waals surface area contributed by atoms with Crippen molar-refractivity contribution in [3.05, 3.63) is 47.6 Å². The first-order valence-electron chi connectivity index (χ1n) is 5.84. The van der Waals surface area contributed by atoms with Crippen molar-refractivity contribution in [2.45, 2.75) is 0 Å². The second-order valence-electron chi connectivity index (χ2n) is 4.09. The number of nitrogens with two attached hydrogens (primary N) is 1. The Morgan fingerprint density at radius 2 is 2.25 bits per heavy atom. The lowest BCUT2D eigenvalue weighted by Crippen LogP contribution is -2.12. The maximum absolute atomic E-state index is 11.8. The van der Waals surface area contributed by atoms with Crippen LogP contribution in [0.15, 0.2) is 41.9 Å². The lowest BCUT2D eigenvalue weighted by molar-refractivity contribution is 0.102. The highest BCUT2D eigenvalue weighted by molar-refractivity contribution is 7.14. The van der Waals surface area contributed by atoms with Crippen molar-refractivity contribution in [1.82, 2.24) is 15.2 Å². The van der Waals surface area contributed by atoms with E-state index in [-0.39, 0.29) is 5.91 Å². The molecular formula is C13H11N5OS. The highest BCUT2D eigenvalue weighted by atomic mass is 32.1. The van der Waals surface area contributed by atoms with Gasteiger partial charge in [0.25, 0.3) is 5.91 Å². The minimum atomic E-state index is -0.268. The van der Waals surface area contributed by atoms with Crippen molar-refractivity contribution in [3.63, 3.8) is 0 Å². The Labute approximate surface area is 118 Å². The zero-order valence-corrected chi connectivity index (χ0v) is 11.1. The first-order valence-corrected chi connectivity index (χ1v) is 6.72. The molecule has 0 spiro atoms. The first kappa shape index (κ1) is 12.4. The van der Waals surface area contributed by atoms with E-state index in [4.69, 9.17) is 5.73 Å². The molecule has 1 aromatic carbocycles. The Morgan fingerprint density at radius 3 is 3.00 bits per heavy atom. The number of H-pyrrole nitrogens is 1. The molecule has 2 aromatic heterocycles. The van der Waals surface area contributed by atoms with Crippen molar-refractivity contribution in [1.29, 1.82) is 0 Å². The summed E-state index contributed by atoms with van der Waals surface area (Å²) in [5.74, 6) is -0.268. The molecule has 6 nitrogen and oxygen atoms in total. The van der Waals surface area contributed by atoms with Gasteiger partial charge in [0.1, 0.15) is 5.69 Å². The molecule has 100 valence electrons. The fraction of sp³-hybridized carbons (Fsp3) is 0. The fourth-order valence-electron chi connectivity index (χ4n) is 1.71. The molecule has 0 radical (unpaired) electrons. The summed E-state index contributed by atoms with van der Waals surface area (Å²) in [5.41, 5.74) is 8.52. The molecular weight excluding hydrogens is 274 g/mol. The predicted molar refractivity (Wildman–Crippen MR) is 78.5 cm³/mol. The summed E-state index contributed by atoms with van der Waals surface area (Å²) >= 11 is 1.36. The second kappa shape index (κ2) is 5.14. The number of thiazole rings is 1. The molecule has 0 atom stereocenters. The molecule has 1 amide bonds. The Kier molecular flexibility index (Phi) is 3.18. The van der Waals surface area contributed by atoms with Crippen LogP contribution in [0.2, 0.25) is 0 Å². The fourth-order valence-corrected chi connectivity index (χ4v) is 2.42. The van der Waals surface area contributed by atoms with Crippen molar-refractivity contribution in [2.75, 3.05) is 11.1 Å². The van der Waals surface area contributed by atoms with Crippen molar-refractivity contribution in [3.8, 4) is 11.3 Å². The molecule has 0 aliphatic heterocycles. The maximum atomic E-state index is 11.8. The zero-order chi connectivity index (χ0) is 13.9. The van der Waals surface area contributed by atoms with Crippen LogP contribution >= 0.6 is 11.3 Å². The lowest BCUT2D eigenvalue weighted by atomic mass is 10.1. The van der Waals surface area contributed by atoms with Crippen molar-refractivity contribution >= 4 is 28.1 Å². The number of amides is 1. The van der Waals surface area contributed by atoms with Crippen LogP contribution in [0.1, 0.15) is 10.5 Å². The zero-order valence-electron chi connectivity index (χ0n) is 10.3. The Hall–Kier alpha value is -2.67. The normalized spacial score (nSPS) is 10.4. The number of nitrogens with zero attached hydrogens (tertiary/aromatic N) is 2. The molecule has 7 heteroatoms. The van der Waals surface area contributed by atoms with E-state index in [1.54, 1.807) is 6.07 Å². The number of aromatic nitrogens is 3. The van der Waals surface area contributed by atoms with E-state index >= 15 is 0 Å². The number of nitrogen functional groups attached to an aromatic ring is 1. The summed E-state index contributed by atoms with van der Waals surface area (Å²) in [6.45, 7) is 0. The van der Waals surface area contributed by atoms with E-state index in [9.17, 15) is 4.79 Å². The third-order valence-corrected chi connectivity index (χ3v) is 3.41. The summed E-state index contributed by atoms with van der Waals surface area (Å²) in [6.07, 6.45) is 1.52. The van der Waals surface area contributed by atoms with Gasteiger partial charge in [-0.25, -0.2) is 4.98 Å². The summed E-state index contributed by atoms with van der Waals surface area (Å²) in [6, 6.07) is 9.05. The number of benzene rings is 1. The maximum Gasteiger partial charge on any atom is 0.275 e. The summed E-state index contributed by atoms with van der Waals surface area (Å²) in [7, 11) is 0. The molecule has 0 aliphatic rings. The number of carbonyl (C=O) groups excluding carboxylic acids is 1. The standard InChI is InChI=1S/C13H11N5OS/c14-9-3-1-2-8(6-9)11-7-20-13(16-11)17-12(19)10-4-5-15-18-10/h1-7H,14H2,(H,15,18)(H,16,17,19). The van der Waals surface area contributed by atoms with Gasteiger partial charge in [0.15, 0.2) is 5.13 Å². The average Bonchev–Trinajstić information content (AvgIpc) is 3.10. The number of rotatable bonds is 3. The molecule has 20 heavy (non-hydrogen) atoms. The van der Waals surface area contributed by atoms with Gasteiger partial charge in [0.2, 0.25) is 0 Å².